The van der Waals surface area contributed by atoms with Crippen LogP contribution in [0.25, 0.3) is 10.9 Å². The van der Waals surface area contributed by atoms with Crippen molar-refractivity contribution in [1.82, 2.24) is 9.97 Å². The monoisotopic (exact) mass is 359 g/mol. The van der Waals surface area contributed by atoms with E-state index in [-0.39, 0.29) is 4.90 Å². The Labute approximate surface area is 144 Å². The van der Waals surface area contributed by atoms with Crippen molar-refractivity contribution in [3.8, 4) is 0 Å². The maximum atomic E-state index is 12.8. The van der Waals surface area contributed by atoms with Gasteiger partial charge in [-0.3, -0.25) is 9.71 Å². The zero-order valence-electron chi connectivity index (χ0n) is 13.2. The van der Waals surface area contributed by atoms with Crippen molar-refractivity contribution in [3.05, 3.63) is 47.1 Å². The number of fused-ring (bicyclic) bond motifs is 2. The largest absolute Gasteiger partial charge is 0.265 e. The van der Waals surface area contributed by atoms with Gasteiger partial charge in [0.1, 0.15) is 4.90 Å². The Kier molecular flexibility index (Phi) is 3.77. The Morgan fingerprint density at radius 3 is 2.96 bits per heavy atom. The lowest BCUT2D eigenvalue weighted by Crippen LogP contribution is -2.13. The van der Waals surface area contributed by atoms with Gasteiger partial charge in [0.25, 0.3) is 10.0 Å². The van der Waals surface area contributed by atoms with Crippen LogP contribution in [0.5, 0.6) is 0 Å². The Morgan fingerprint density at radius 1 is 1.25 bits per heavy atom. The third-order valence-corrected chi connectivity index (χ3v) is 6.83. The molecule has 3 aromatic rings. The number of sulfonamides is 1. The number of rotatable bonds is 3. The fraction of sp³-hybridized carbons (Fsp3) is 0.294. The van der Waals surface area contributed by atoms with E-state index < -0.39 is 10.0 Å². The minimum Gasteiger partial charge on any atom is -0.255 e. The number of aromatic nitrogens is 2. The molecule has 7 heteroatoms. The highest BCUT2D eigenvalue weighted by atomic mass is 32.2. The lowest BCUT2D eigenvalue weighted by Gasteiger charge is -2.15. The van der Waals surface area contributed by atoms with Crippen LogP contribution in [0.15, 0.2) is 41.4 Å². The van der Waals surface area contributed by atoms with Gasteiger partial charge in [-0.25, -0.2) is 13.4 Å². The Hall–Kier alpha value is -1.99. The minimum absolute atomic E-state index is 0.183. The fourth-order valence-corrected chi connectivity index (χ4v) is 5.63. The summed E-state index contributed by atoms with van der Waals surface area (Å²) in [5.74, 6) is 0.629. The Bertz CT molecular complexity index is 1010. The van der Waals surface area contributed by atoms with Crippen LogP contribution in [0.4, 0.5) is 5.13 Å². The van der Waals surface area contributed by atoms with E-state index >= 15 is 0 Å². The molecule has 1 aromatic carbocycles. The van der Waals surface area contributed by atoms with Crippen molar-refractivity contribution < 1.29 is 8.42 Å². The van der Waals surface area contributed by atoms with Crippen LogP contribution in [0.3, 0.4) is 0 Å². The number of hydrogen-bond acceptors (Lipinski definition) is 5. The summed E-state index contributed by atoms with van der Waals surface area (Å²) in [6.07, 6.45) is 4.61. The summed E-state index contributed by atoms with van der Waals surface area (Å²) in [6.45, 7) is 2.22. The maximum absolute atomic E-state index is 12.8. The topological polar surface area (TPSA) is 72.0 Å². The standard InChI is InChI=1S/C17H17N3O2S2/c1-11-7-8-13-14(10-11)23-17(19-13)20-24(21,22)15-6-2-4-12-5-3-9-18-16(12)15/h2-6,9,11H,7-8,10H2,1H3,(H,19,20). The number of nitrogens with one attached hydrogen (secondary N) is 1. The molecular formula is C17H17N3O2S2. The first-order valence-electron chi connectivity index (χ1n) is 7.88. The molecule has 1 aliphatic carbocycles. The molecular weight excluding hydrogens is 342 g/mol. The fourth-order valence-electron chi connectivity index (χ4n) is 3.05. The molecule has 0 saturated carbocycles. The van der Waals surface area contributed by atoms with E-state index in [4.69, 9.17) is 0 Å². The predicted octanol–water partition coefficient (Wildman–Crippen LogP) is 3.62. The van der Waals surface area contributed by atoms with Gasteiger partial charge in [-0.1, -0.05) is 25.1 Å². The number of anilines is 1. The van der Waals surface area contributed by atoms with Crippen LogP contribution in [-0.2, 0) is 22.9 Å². The smallest absolute Gasteiger partial charge is 0.255 e. The van der Waals surface area contributed by atoms with Crippen molar-refractivity contribution in [3.63, 3.8) is 0 Å². The molecule has 0 spiro atoms. The molecule has 0 bridgehead atoms. The van der Waals surface area contributed by atoms with Crippen molar-refractivity contribution in [2.45, 2.75) is 31.1 Å². The number of para-hydroxylation sites is 1. The molecule has 0 saturated heterocycles. The molecule has 0 amide bonds. The number of benzene rings is 1. The van der Waals surface area contributed by atoms with Crippen LogP contribution in [0.1, 0.15) is 23.9 Å². The first kappa shape index (κ1) is 15.5. The molecule has 0 aliphatic heterocycles. The highest BCUT2D eigenvalue weighted by molar-refractivity contribution is 7.93. The van der Waals surface area contributed by atoms with Gasteiger partial charge < -0.3 is 0 Å². The summed E-state index contributed by atoms with van der Waals surface area (Å²) >= 11 is 1.44. The van der Waals surface area contributed by atoms with Crippen LogP contribution < -0.4 is 4.72 Å². The predicted molar refractivity (Wildman–Crippen MR) is 95.9 cm³/mol. The third-order valence-electron chi connectivity index (χ3n) is 4.29. The third kappa shape index (κ3) is 2.78. The maximum Gasteiger partial charge on any atom is 0.265 e. The van der Waals surface area contributed by atoms with Crippen LogP contribution >= 0.6 is 11.3 Å². The minimum atomic E-state index is -3.72. The Balaban J connectivity index is 1.71. The Morgan fingerprint density at radius 2 is 2.08 bits per heavy atom. The van der Waals surface area contributed by atoms with Gasteiger partial charge in [0.15, 0.2) is 5.13 Å². The number of pyridine rings is 1. The van der Waals surface area contributed by atoms with Gasteiger partial charge in [0.2, 0.25) is 0 Å². The van der Waals surface area contributed by atoms with Gasteiger partial charge in [0, 0.05) is 16.5 Å². The highest BCUT2D eigenvalue weighted by Gasteiger charge is 2.23. The lowest BCUT2D eigenvalue weighted by molar-refractivity contribution is 0.502. The zero-order chi connectivity index (χ0) is 16.7. The number of hydrogen-bond donors (Lipinski definition) is 1. The number of thiazole rings is 1. The molecule has 1 aliphatic rings. The van der Waals surface area contributed by atoms with E-state index in [9.17, 15) is 8.42 Å². The molecule has 0 radical (unpaired) electrons. The average Bonchev–Trinajstić information content (AvgIpc) is 2.94. The molecule has 0 fully saturated rings. The van der Waals surface area contributed by atoms with E-state index in [2.05, 4.69) is 21.6 Å². The van der Waals surface area contributed by atoms with Crippen LogP contribution in [0, 0.1) is 5.92 Å². The lowest BCUT2D eigenvalue weighted by atomic mass is 9.93. The number of nitrogens with zero attached hydrogens (tertiary/aromatic N) is 2. The van der Waals surface area contributed by atoms with Crippen LogP contribution in [-0.4, -0.2) is 18.4 Å². The van der Waals surface area contributed by atoms with E-state index in [0.717, 1.165) is 30.3 Å². The van der Waals surface area contributed by atoms with E-state index in [1.165, 1.54) is 16.2 Å². The summed E-state index contributed by atoms with van der Waals surface area (Å²) in [4.78, 5) is 10.1. The summed E-state index contributed by atoms with van der Waals surface area (Å²) < 4.78 is 28.3. The molecule has 1 atom stereocenters. The van der Waals surface area contributed by atoms with Crippen molar-refractivity contribution >= 4 is 37.4 Å². The molecule has 4 rings (SSSR count). The van der Waals surface area contributed by atoms with E-state index in [1.807, 2.05) is 12.1 Å². The SMILES string of the molecule is CC1CCc2nc(NS(=O)(=O)c3cccc4cccnc34)sc2C1. The van der Waals surface area contributed by atoms with Crippen molar-refractivity contribution in [2.24, 2.45) is 5.92 Å². The first-order valence-corrected chi connectivity index (χ1v) is 10.2. The van der Waals surface area contributed by atoms with Gasteiger partial charge in [0.05, 0.1) is 11.2 Å². The van der Waals surface area contributed by atoms with Crippen LogP contribution in [0.2, 0.25) is 0 Å². The normalized spacial score (nSPS) is 17.6. The zero-order valence-corrected chi connectivity index (χ0v) is 14.8. The molecule has 124 valence electrons. The van der Waals surface area contributed by atoms with E-state index in [1.54, 1.807) is 24.4 Å². The van der Waals surface area contributed by atoms with Gasteiger partial charge in [-0.05, 0) is 37.3 Å². The second kappa shape index (κ2) is 5.82. The summed E-state index contributed by atoms with van der Waals surface area (Å²) in [5, 5.41) is 1.25. The quantitative estimate of drug-likeness (QED) is 0.775. The molecule has 2 aromatic heterocycles. The van der Waals surface area contributed by atoms with Gasteiger partial charge >= 0.3 is 0 Å². The summed E-state index contributed by atoms with van der Waals surface area (Å²) in [6, 6.07) is 8.80. The number of aryl methyl sites for hydroxylation is 1. The molecule has 1 N–H and O–H groups in total. The van der Waals surface area contributed by atoms with Gasteiger partial charge in [-0.2, -0.15) is 0 Å². The van der Waals surface area contributed by atoms with Crippen molar-refractivity contribution in [1.29, 1.82) is 0 Å². The van der Waals surface area contributed by atoms with Crippen molar-refractivity contribution in [2.75, 3.05) is 4.72 Å². The second-order valence-corrected chi connectivity index (χ2v) is 8.91. The molecule has 5 nitrogen and oxygen atoms in total. The highest BCUT2D eigenvalue weighted by Crippen LogP contribution is 2.33. The van der Waals surface area contributed by atoms with Gasteiger partial charge in [-0.15, -0.1) is 11.3 Å². The molecule has 1 unspecified atom stereocenters. The average molecular weight is 359 g/mol. The summed E-state index contributed by atoms with van der Waals surface area (Å²) in [5.41, 5.74) is 1.51. The molecule has 2 heterocycles. The van der Waals surface area contributed by atoms with E-state index in [0.29, 0.717) is 16.6 Å². The summed E-state index contributed by atoms with van der Waals surface area (Å²) in [7, 11) is -3.72. The second-order valence-electron chi connectivity index (χ2n) is 6.17. The molecule has 24 heavy (non-hydrogen) atoms. The first-order chi connectivity index (χ1) is 11.5.